The summed E-state index contributed by atoms with van der Waals surface area (Å²) in [6, 6.07) is 17.6. The first-order valence-electron chi connectivity index (χ1n) is 6.60. The summed E-state index contributed by atoms with van der Waals surface area (Å²) in [5, 5.41) is 8.41. The van der Waals surface area contributed by atoms with E-state index in [1.807, 2.05) is 59.3 Å². The van der Waals surface area contributed by atoms with Crippen LogP contribution >= 0.6 is 0 Å². The van der Waals surface area contributed by atoms with E-state index < -0.39 is 0 Å². The third kappa shape index (κ3) is 2.32. The molecule has 0 fully saturated rings. The Morgan fingerprint density at radius 1 is 1.10 bits per heavy atom. The molecule has 1 atom stereocenters. The van der Waals surface area contributed by atoms with Gasteiger partial charge in [0.15, 0.2) is 0 Å². The summed E-state index contributed by atoms with van der Waals surface area (Å²) < 4.78 is 1.84. The van der Waals surface area contributed by atoms with Gasteiger partial charge in [0, 0.05) is 6.42 Å². The van der Waals surface area contributed by atoms with Gasteiger partial charge in [-0.3, -0.25) is 4.79 Å². The molecule has 4 heteroatoms. The Morgan fingerprint density at radius 3 is 2.55 bits per heavy atom. The third-order valence-electron chi connectivity index (χ3n) is 3.34. The van der Waals surface area contributed by atoms with Gasteiger partial charge in [-0.25, -0.2) is 4.68 Å². The molecular weight excluding hydrogens is 250 g/mol. The van der Waals surface area contributed by atoms with Crippen LogP contribution in [-0.4, -0.2) is 20.8 Å². The lowest BCUT2D eigenvalue weighted by atomic mass is 10.0. The summed E-state index contributed by atoms with van der Waals surface area (Å²) in [5.74, 6) is 0.137. The first-order chi connectivity index (χ1) is 9.75. The molecule has 0 N–H and O–H groups in total. The van der Waals surface area contributed by atoms with Crippen molar-refractivity contribution in [2.24, 2.45) is 0 Å². The molecule has 0 saturated heterocycles. The second kappa shape index (κ2) is 5.25. The van der Waals surface area contributed by atoms with E-state index in [-0.39, 0.29) is 11.8 Å². The fraction of sp³-hybridized carbons (Fsp3) is 0.188. The van der Waals surface area contributed by atoms with Crippen LogP contribution in [-0.2, 0) is 4.79 Å². The number of ketones is 1. The van der Waals surface area contributed by atoms with Crippen LogP contribution in [0.1, 0.15) is 24.9 Å². The van der Waals surface area contributed by atoms with Gasteiger partial charge in [0.05, 0.1) is 11.6 Å². The van der Waals surface area contributed by atoms with E-state index in [0.717, 1.165) is 16.6 Å². The lowest BCUT2D eigenvalue weighted by Gasteiger charge is -2.17. The van der Waals surface area contributed by atoms with Gasteiger partial charge in [-0.1, -0.05) is 47.7 Å². The normalized spacial score (nSPS) is 12.4. The van der Waals surface area contributed by atoms with Crippen LogP contribution < -0.4 is 0 Å². The van der Waals surface area contributed by atoms with E-state index in [9.17, 15) is 4.79 Å². The van der Waals surface area contributed by atoms with Crippen molar-refractivity contribution in [3.8, 4) is 0 Å². The minimum atomic E-state index is -0.110. The van der Waals surface area contributed by atoms with Gasteiger partial charge in [0.2, 0.25) is 0 Å². The molecule has 1 heterocycles. The zero-order chi connectivity index (χ0) is 13.9. The summed E-state index contributed by atoms with van der Waals surface area (Å²) in [4.78, 5) is 11.6. The Balaban J connectivity index is 2.12. The van der Waals surface area contributed by atoms with Gasteiger partial charge in [0.25, 0.3) is 0 Å². The third-order valence-corrected chi connectivity index (χ3v) is 3.34. The molecule has 0 aliphatic carbocycles. The van der Waals surface area contributed by atoms with E-state index in [1.165, 1.54) is 0 Å². The number of para-hydroxylation sites is 1. The minimum absolute atomic E-state index is 0.110. The van der Waals surface area contributed by atoms with Crippen LogP contribution in [0.4, 0.5) is 0 Å². The SMILES string of the molecule is CC(=O)C[C@H](c1ccccc1)n1nnc2ccccc21. The van der Waals surface area contributed by atoms with Crippen molar-refractivity contribution in [1.82, 2.24) is 15.0 Å². The molecule has 3 aromatic rings. The molecule has 3 rings (SSSR count). The van der Waals surface area contributed by atoms with E-state index >= 15 is 0 Å². The van der Waals surface area contributed by atoms with Crippen molar-refractivity contribution in [2.75, 3.05) is 0 Å². The van der Waals surface area contributed by atoms with Gasteiger partial charge >= 0.3 is 0 Å². The highest BCUT2D eigenvalue weighted by atomic mass is 16.1. The number of benzene rings is 2. The number of hydrogen-bond acceptors (Lipinski definition) is 3. The molecule has 0 bridgehead atoms. The van der Waals surface area contributed by atoms with Gasteiger partial charge in [-0.15, -0.1) is 5.10 Å². The fourth-order valence-electron chi connectivity index (χ4n) is 2.41. The van der Waals surface area contributed by atoms with Crippen LogP contribution in [0, 0.1) is 0 Å². The predicted molar refractivity (Wildman–Crippen MR) is 77.4 cm³/mol. The smallest absolute Gasteiger partial charge is 0.132 e. The van der Waals surface area contributed by atoms with Crippen molar-refractivity contribution in [3.05, 3.63) is 60.2 Å². The number of rotatable bonds is 4. The average molecular weight is 265 g/mol. The molecule has 0 radical (unpaired) electrons. The second-order valence-corrected chi connectivity index (χ2v) is 4.86. The van der Waals surface area contributed by atoms with Gasteiger partial charge in [-0.2, -0.15) is 0 Å². The van der Waals surface area contributed by atoms with Crippen LogP contribution in [0.25, 0.3) is 11.0 Å². The lowest BCUT2D eigenvalue weighted by molar-refractivity contribution is -0.117. The Hall–Kier alpha value is -2.49. The highest BCUT2D eigenvalue weighted by molar-refractivity contribution is 5.78. The molecular formula is C16H15N3O. The van der Waals surface area contributed by atoms with E-state index in [4.69, 9.17) is 0 Å². The maximum Gasteiger partial charge on any atom is 0.132 e. The molecule has 0 unspecified atom stereocenters. The summed E-state index contributed by atoms with van der Waals surface area (Å²) in [5.41, 5.74) is 2.86. The molecule has 20 heavy (non-hydrogen) atoms. The monoisotopic (exact) mass is 265 g/mol. The van der Waals surface area contributed by atoms with Gasteiger partial charge in [-0.05, 0) is 24.6 Å². The number of hydrogen-bond donors (Lipinski definition) is 0. The van der Waals surface area contributed by atoms with Crippen molar-refractivity contribution >= 4 is 16.8 Å². The highest BCUT2D eigenvalue weighted by Gasteiger charge is 2.19. The number of nitrogens with zero attached hydrogens (tertiary/aromatic N) is 3. The summed E-state index contributed by atoms with van der Waals surface area (Å²) in [7, 11) is 0. The van der Waals surface area contributed by atoms with Crippen LogP contribution in [0.3, 0.4) is 0 Å². The van der Waals surface area contributed by atoms with Crippen LogP contribution in [0.15, 0.2) is 54.6 Å². The van der Waals surface area contributed by atoms with E-state index in [2.05, 4.69) is 10.3 Å². The van der Waals surface area contributed by atoms with Gasteiger partial charge < -0.3 is 0 Å². The number of aromatic nitrogens is 3. The van der Waals surface area contributed by atoms with Crippen molar-refractivity contribution < 1.29 is 4.79 Å². The Kier molecular flexibility index (Phi) is 3.29. The molecule has 0 aliphatic rings. The number of carbonyl (C=O) groups is 1. The zero-order valence-corrected chi connectivity index (χ0v) is 11.2. The minimum Gasteiger partial charge on any atom is -0.300 e. The first kappa shape index (κ1) is 12.5. The lowest BCUT2D eigenvalue weighted by Crippen LogP contribution is -2.15. The molecule has 100 valence electrons. The zero-order valence-electron chi connectivity index (χ0n) is 11.2. The first-order valence-corrected chi connectivity index (χ1v) is 6.60. The molecule has 0 spiro atoms. The van der Waals surface area contributed by atoms with Crippen molar-refractivity contribution in [2.45, 2.75) is 19.4 Å². The standard InChI is InChI=1S/C16H15N3O/c1-12(20)11-16(13-7-3-2-4-8-13)19-15-10-6-5-9-14(15)17-18-19/h2-10,16H,11H2,1H3/t16-/m1/s1. The molecule has 0 amide bonds. The predicted octanol–water partition coefficient (Wildman–Crippen LogP) is 3.00. The molecule has 4 nitrogen and oxygen atoms in total. The number of fused-ring (bicyclic) bond motifs is 1. The van der Waals surface area contributed by atoms with E-state index in [0.29, 0.717) is 6.42 Å². The molecule has 0 aliphatic heterocycles. The van der Waals surface area contributed by atoms with Crippen molar-refractivity contribution in [3.63, 3.8) is 0 Å². The highest BCUT2D eigenvalue weighted by Crippen LogP contribution is 2.25. The summed E-state index contributed by atoms with van der Waals surface area (Å²) >= 11 is 0. The Morgan fingerprint density at radius 2 is 1.80 bits per heavy atom. The summed E-state index contributed by atoms with van der Waals surface area (Å²) in [6.07, 6.45) is 0.414. The summed E-state index contributed by atoms with van der Waals surface area (Å²) in [6.45, 7) is 1.61. The van der Waals surface area contributed by atoms with Crippen molar-refractivity contribution in [1.29, 1.82) is 0 Å². The van der Waals surface area contributed by atoms with Gasteiger partial charge in [0.1, 0.15) is 11.3 Å². The molecule has 0 saturated carbocycles. The number of carbonyl (C=O) groups excluding carboxylic acids is 1. The maximum atomic E-state index is 11.6. The fourth-order valence-corrected chi connectivity index (χ4v) is 2.41. The van der Waals surface area contributed by atoms with E-state index in [1.54, 1.807) is 6.92 Å². The maximum absolute atomic E-state index is 11.6. The van der Waals surface area contributed by atoms with Crippen LogP contribution in [0.5, 0.6) is 0 Å². The Bertz CT molecular complexity index is 734. The topological polar surface area (TPSA) is 47.8 Å². The molecule has 2 aromatic carbocycles. The Labute approximate surface area is 117 Å². The second-order valence-electron chi connectivity index (χ2n) is 4.86. The quantitative estimate of drug-likeness (QED) is 0.728. The molecule has 1 aromatic heterocycles. The largest absolute Gasteiger partial charge is 0.300 e. The number of Topliss-reactive ketones (excluding diaryl/α,β-unsaturated/α-hetero) is 1. The average Bonchev–Trinajstić information content (AvgIpc) is 2.89. The van der Waals surface area contributed by atoms with Crippen LogP contribution in [0.2, 0.25) is 0 Å².